The summed E-state index contributed by atoms with van der Waals surface area (Å²) < 4.78 is 44.0. The number of alkyl halides is 3. The molecule has 6 heteroatoms. The molecule has 0 heterocycles. The molecule has 0 radical (unpaired) electrons. The molecule has 0 aromatic heterocycles. The lowest BCUT2D eigenvalue weighted by atomic mass is 9.64. The average Bonchev–Trinajstić information content (AvgIpc) is 2.37. The van der Waals surface area contributed by atoms with Crippen LogP contribution in [0.25, 0.3) is 0 Å². The molecule has 3 nitrogen and oxygen atoms in total. The van der Waals surface area contributed by atoms with Gasteiger partial charge in [-0.05, 0) is 24.6 Å². The van der Waals surface area contributed by atoms with Crippen molar-refractivity contribution in [3.8, 4) is 5.75 Å². The molecule has 1 aliphatic carbocycles. The zero-order chi connectivity index (χ0) is 15.1. The van der Waals surface area contributed by atoms with Crippen molar-refractivity contribution >= 4 is 5.69 Å². The monoisotopic (exact) mass is 289 g/mol. The van der Waals surface area contributed by atoms with Crippen molar-refractivity contribution in [3.63, 3.8) is 0 Å². The molecular formula is C14H18F3NO2. The maximum absolute atomic E-state index is 13.1. The smallest absolute Gasteiger partial charge is 0.418 e. The van der Waals surface area contributed by atoms with Crippen LogP contribution < -0.4 is 10.1 Å². The predicted octanol–water partition coefficient (Wildman–Crippen LogP) is 3.29. The Labute approximate surface area is 115 Å². The van der Waals surface area contributed by atoms with Gasteiger partial charge in [-0.15, -0.1) is 0 Å². The van der Waals surface area contributed by atoms with Crippen molar-refractivity contribution in [1.82, 2.24) is 0 Å². The van der Waals surface area contributed by atoms with Gasteiger partial charge in [0.2, 0.25) is 0 Å². The minimum Gasteiger partial charge on any atom is -0.497 e. The maximum atomic E-state index is 13.1. The van der Waals surface area contributed by atoms with Gasteiger partial charge in [0.15, 0.2) is 0 Å². The van der Waals surface area contributed by atoms with E-state index in [1.807, 2.05) is 13.8 Å². The molecule has 0 saturated heterocycles. The second-order valence-corrected chi connectivity index (χ2v) is 5.68. The van der Waals surface area contributed by atoms with Crippen molar-refractivity contribution in [3.05, 3.63) is 23.8 Å². The first-order chi connectivity index (χ1) is 9.16. The summed E-state index contributed by atoms with van der Waals surface area (Å²) in [5.74, 6) is 0.163. The summed E-state index contributed by atoms with van der Waals surface area (Å²) in [6.45, 7) is 3.66. The van der Waals surface area contributed by atoms with E-state index in [-0.39, 0.29) is 17.5 Å². The third-order valence-corrected chi connectivity index (χ3v) is 4.08. The molecule has 1 saturated carbocycles. The van der Waals surface area contributed by atoms with Gasteiger partial charge < -0.3 is 15.2 Å². The fourth-order valence-corrected chi connectivity index (χ4v) is 2.35. The van der Waals surface area contributed by atoms with Crippen molar-refractivity contribution in [1.29, 1.82) is 0 Å². The van der Waals surface area contributed by atoms with E-state index in [1.165, 1.54) is 19.2 Å². The number of aliphatic hydroxyl groups is 1. The van der Waals surface area contributed by atoms with Crippen LogP contribution in [0.3, 0.4) is 0 Å². The first-order valence-corrected chi connectivity index (χ1v) is 6.36. The fraction of sp³-hybridized carbons (Fsp3) is 0.571. The highest BCUT2D eigenvalue weighted by molar-refractivity contribution is 5.57. The van der Waals surface area contributed by atoms with Crippen LogP contribution in [0.5, 0.6) is 5.75 Å². The number of aliphatic hydroxyl groups excluding tert-OH is 1. The highest BCUT2D eigenvalue weighted by Crippen LogP contribution is 2.44. The topological polar surface area (TPSA) is 41.5 Å². The van der Waals surface area contributed by atoms with E-state index < -0.39 is 23.3 Å². The molecule has 0 aliphatic heterocycles. The number of nitrogens with one attached hydrogen (secondary N) is 1. The Morgan fingerprint density at radius 1 is 1.35 bits per heavy atom. The molecule has 1 aromatic rings. The van der Waals surface area contributed by atoms with E-state index in [9.17, 15) is 18.3 Å². The molecule has 20 heavy (non-hydrogen) atoms. The Morgan fingerprint density at radius 3 is 2.45 bits per heavy atom. The molecule has 2 rings (SSSR count). The lowest BCUT2D eigenvalue weighted by Crippen LogP contribution is -2.57. The summed E-state index contributed by atoms with van der Waals surface area (Å²) in [6, 6.07) is 3.64. The van der Waals surface area contributed by atoms with Crippen LogP contribution in [0.4, 0.5) is 18.9 Å². The Hall–Kier alpha value is -1.43. The molecule has 2 atom stereocenters. The first-order valence-electron chi connectivity index (χ1n) is 6.36. The van der Waals surface area contributed by atoms with Crippen LogP contribution in [0, 0.1) is 5.41 Å². The standard InChI is InChI=1S/C14H18F3NO2/c1-13(2)11(7-12(13)19)18-10-5-4-8(20-3)6-9(10)14(15,16)17/h4-6,11-12,18-19H,7H2,1-3H3. The lowest BCUT2D eigenvalue weighted by molar-refractivity contribution is -0.137. The summed E-state index contributed by atoms with van der Waals surface area (Å²) >= 11 is 0. The van der Waals surface area contributed by atoms with E-state index in [0.29, 0.717) is 6.42 Å². The van der Waals surface area contributed by atoms with Crippen LogP contribution >= 0.6 is 0 Å². The molecular weight excluding hydrogens is 271 g/mol. The number of ether oxygens (including phenoxy) is 1. The third-order valence-electron chi connectivity index (χ3n) is 4.08. The highest BCUT2D eigenvalue weighted by Gasteiger charge is 2.48. The molecule has 0 amide bonds. The van der Waals surface area contributed by atoms with Crippen LogP contribution in [-0.4, -0.2) is 24.4 Å². The van der Waals surface area contributed by atoms with Gasteiger partial charge in [-0.1, -0.05) is 13.8 Å². The van der Waals surface area contributed by atoms with Gasteiger partial charge in [0.1, 0.15) is 5.75 Å². The van der Waals surface area contributed by atoms with Crippen LogP contribution in [0.15, 0.2) is 18.2 Å². The van der Waals surface area contributed by atoms with Crippen LogP contribution in [0.1, 0.15) is 25.8 Å². The summed E-state index contributed by atoms with van der Waals surface area (Å²) in [7, 11) is 1.33. The second kappa shape index (κ2) is 4.84. The number of methoxy groups -OCH3 is 1. The minimum absolute atomic E-state index is 0.0169. The summed E-state index contributed by atoms with van der Waals surface area (Å²) in [5, 5.41) is 12.5. The van der Waals surface area contributed by atoms with Crippen molar-refractivity contribution in [2.24, 2.45) is 5.41 Å². The summed E-state index contributed by atoms with van der Waals surface area (Å²) in [5.41, 5.74) is -1.18. The van der Waals surface area contributed by atoms with Crippen LogP contribution in [0.2, 0.25) is 0 Å². The number of rotatable bonds is 3. The van der Waals surface area contributed by atoms with Gasteiger partial charge in [0, 0.05) is 17.1 Å². The number of hydrogen-bond acceptors (Lipinski definition) is 3. The predicted molar refractivity (Wildman–Crippen MR) is 69.8 cm³/mol. The molecule has 112 valence electrons. The number of benzene rings is 1. The number of hydrogen-bond donors (Lipinski definition) is 2. The Bertz CT molecular complexity index is 500. The van der Waals surface area contributed by atoms with Gasteiger partial charge in [0.25, 0.3) is 0 Å². The molecule has 1 aromatic carbocycles. The zero-order valence-electron chi connectivity index (χ0n) is 11.6. The third kappa shape index (κ3) is 2.57. The number of halogens is 3. The summed E-state index contributed by atoms with van der Waals surface area (Å²) in [6.07, 6.45) is -4.51. The number of anilines is 1. The average molecular weight is 289 g/mol. The Balaban J connectivity index is 2.28. The van der Waals surface area contributed by atoms with Gasteiger partial charge in [-0.3, -0.25) is 0 Å². The molecule has 2 unspecified atom stereocenters. The molecule has 1 aliphatic rings. The van der Waals surface area contributed by atoms with Crippen molar-refractivity contribution in [2.75, 3.05) is 12.4 Å². The molecule has 0 bridgehead atoms. The normalized spacial score (nSPS) is 24.9. The quantitative estimate of drug-likeness (QED) is 0.897. The fourth-order valence-electron chi connectivity index (χ4n) is 2.35. The maximum Gasteiger partial charge on any atom is 0.418 e. The molecule has 2 N–H and O–H groups in total. The highest BCUT2D eigenvalue weighted by atomic mass is 19.4. The Morgan fingerprint density at radius 2 is 2.00 bits per heavy atom. The SMILES string of the molecule is COc1ccc(NC2CC(O)C2(C)C)c(C(F)(F)F)c1. The summed E-state index contributed by atoms with van der Waals surface area (Å²) in [4.78, 5) is 0. The largest absolute Gasteiger partial charge is 0.497 e. The van der Waals surface area contributed by atoms with E-state index in [0.717, 1.165) is 6.07 Å². The van der Waals surface area contributed by atoms with Gasteiger partial charge >= 0.3 is 6.18 Å². The molecule has 0 spiro atoms. The van der Waals surface area contributed by atoms with Crippen molar-refractivity contribution in [2.45, 2.75) is 38.6 Å². The Kier molecular flexibility index (Phi) is 3.62. The minimum atomic E-state index is -4.45. The van der Waals surface area contributed by atoms with Gasteiger partial charge in [0.05, 0.1) is 18.8 Å². The van der Waals surface area contributed by atoms with Gasteiger partial charge in [-0.25, -0.2) is 0 Å². The first kappa shape index (κ1) is 15.0. The lowest BCUT2D eigenvalue weighted by Gasteiger charge is -2.50. The second-order valence-electron chi connectivity index (χ2n) is 5.68. The van der Waals surface area contributed by atoms with Gasteiger partial charge in [-0.2, -0.15) is 13.2 Å². The molecule has 1 fully saturated rings. The van der Waals surface area contributed by atoms with E-state index >= 15 is 0 Å². The van der Waals surface area contributed by atoms with Crippen LogP contribution in [-0.2, 0) is 6.18 Å². The van der Waals surface area contributed by atoms with E-state index in [4.69, 9.17) is 4.74 Å². The van der Waals surface area contributed by atoms with Crippen molar-refractivity contribution < 1.29 is 23.0 Å². The van der Waals surface area contributed by atoms with E-state index in [2.05, 4.69) is 5.32 Å². The van der Waals surface area contributed by atoms with E-state index in [1.54, 1.807) is 0 Å². The zero-order valence-corrected chi connectivity index (χ0v) is 11.6.